The van der Waals surface area contributed by atoms with Gasteiger partial charge < -0.3 is 10.0 Å². The Bertz CT molecular complexity index is 601. The average molecular weight is 285 g/mol. The largest absolute Gasteiger partial charge is 0.386 e. The quantitative estimate of drug-likeness (QED) is 0.910. The highest BCUT2D eigenvalue weighted by atomic mass is 16.3. The Morgan fingerprint density at radius 2 is 2.19 bits per heavy atom. The first-order valence-corrected chi connectivity index (χ1v) is 6.90. The van der Waals surface area contributed by atoms with E-state index in [1.807, 2.05) is 13.0 Å². The summed E-state index contributed by atoms with van der Waals surface area (Å²) in [6.07, 6.45) is 4.97. The molecule has 2 rings (SSSR count). The van der Waals surface area contributed by atoms with Gasteiger partial charge in [0.15, 0.2) is 0 Å². The van der Waals surface area contributed by atoms with Crippen molar-refractivity contribution in [3.05, 3.63) is 59.7 Å². The number of aryl methyl sites for hydroxylation is 1. The van der Waals surface area contributed by atoms with E-state index in [2.05, 4.69) is 9.97 Å². The molecule has 110 valence electrons. The number of hydrogen-bond acceptors (Lipinski definition) is 4. The molecular formula is C16H19N3O2. The Hall–Kier alpha value is -2.27. The number of hydrogen-bond donors (Lipinski definition) is 1. The first kappa shape index (κ1) is 15.1. The second kappa shape index (κ2) is 6.95. The molecule has 0 aliphatic heterocycles. The van der Waals surface area contributed by atoms with Crippen molar-refractivity contribution < 1.29 is 9.90 Å². The summed E-state index contributed by atoms with van der Waals surface area (Å²) in [5.74, 6) is -0.201. The molecule has 21 heavy (non-hydrogen) atoms. The number of amides is 1. The fourth-order valence-corrected chi connectivity index (χ4v) is 2.03. The maximum absolute atomic E-state index is 12.3. The number of pyridine rings is 2. The summed E-state index contributed by atoms with van der Waals surface area (Å²) in [6, 6.07) is 7.22. The van der Waals surface area contributed by atoms with Crippen molar-refractivity contribution in [2.75, 3.05) is 13.6 Å². The van der Waals surface area contributed by atoms with Crippen LogP contribution in [0.2, 0.25) is 0 Å². The molecule has 1 amide bonds. The third kappa shape index (κ3) is 3.86. The van der Waals surface area contributed by atoms with Crippen LogP contribution >= 0.6 is 0 Å². The normalized spacial score (nSPS) is 12.0. The summed E-state index contributed by atoms with van der Waals surface area (Å²) in [6.45, 7) is 2.22. The van der Waals surface area contributed by atoms with Crippen molar-refractivity contribution in [1.29, 1.82) is 0 Å². The van der Waals surface area contributed by atoms with Crippen molar-refractivity contribution in [2.45, 2.75) is 19.4 Å². The zero-order chi connectivity index (χ0) is 15.2. The number of likely N-dealkylation sites (N-methyl/N-ethyl adjacent to an activating group) is 1. The van der Waals surface area contributed by atoms with Gasteiger partial charge in [0.2, 0.25) is 0 Å². The molecule has 2 aromatic rings. The minimum Gasteiger partial charge on any atom is -0.386 e. The summed E-state index contributed by atoms with van der Waals surface area (Å²) in [5.41, 5.74) is 2.15. The molecule has 0 radical (unpaired) electrons. The van der Waals surface area contributed by atoms with Gasteiger partial charge in [0.05, 0.1) is 12.6 Å². The number of rotatable bonds is 5. The van der Waals surface area contributed by atoms with Gasteiger partial charge in [0.25, 0.3) is 5.91 Å². The molecule has 0 aliphatic rings. The van der Waals surface area contributed by atoms with E-state index < -0.39 is 6.10 Å². The Morgan fingerprint density at radius 1 is 1.38 bits per heavy atom. The maximum atomic E-state index is 12.3. The van der Waals surface area contributed by atoms with Crippen LogP contribution in [0.15, 0.2) is 42.9 Å². The molecule has 0 saturated heterocycles. The van der Waals surface area contributed by atoms with Gasteiger partial charge in [0.1, 0.15) is 5.69 Å². The van der Waals surface area contributed by atoms with Gasteiger partial charge in [-0.3, -0.25) is 14.8 Å². The first-order valence-electron chi connectivity index (χ1n) is 6.90. The summed E-state index contributed by atoms with van der Waals surface area (Å²) in [5, 5.41) is 10.1. The van der Waals surface area contributed by atoms with Crippen LogP contribution in [-0.2, 0) is 6.42 Å². The van der Waals surface area contributed by atoms with Crippen molar-refractivity contribution in [2.24, 2.45) is 0 Å². The monoisotopic (exact) mass is 285 g/mol. The molecule has 0 fully saturated rings. The predicted octanol–water partition coefficient (Wildman–Crippen LogP) is 1.84. The van der Waals surface area contributed by atoms with Crippen molar-refractivity contribution in [1.82, 2.24) is 14.9 Å². The molecule has 2 heterocycles. The first-order chi connectivity index (χ1) is 10.1. The lowest BCUT2D eigenvalue weighted by Gasteiger charge is -2.20. The van der Waals surface area contributed by atoms with Gasteiger partial charge in [-0.1, -0.05) is 13.0 Å². The van der Waals surface area contributed by atoms with E-state index in [-0.39, 0.29) is 12.5 Å². The van der Waals surface area contributed by atoms with Gasteiger partial charge >= 0.3 is 0 Å². The van der Waals surface area contributed by atoms with E-state index >= 15 is 0 Å². The van der Waals surface area contributed by atoms with Gasteiger partial charge in [-0.25, -0.2) is 0 Å². The van der Waals surface area contributed by atoms with E-state index in [9.17, 15) is 9.90 Å². The zero-order valence-electron chi connectivity index (χ0n) is 12.2. The number of aromatic nitrogens is 2. The summed E-state index contributed by atoms with van der Waals surface area (Å²) >= 11 is 0. The van der Waals surface area contributed by atoms with Crippen molar-refractivity contribution >= 4 is 5.91 Å². The van der Waals surface area contributed by atoms with Crippen molar-refractivity contribution in [3.8, 4) is 0 Å². The van der Waals surface area contributed by atoms with Gasteiger partial charge in [-0.05, 0) is 30.2 Å². The van der Waals surface area contributed by atoms with Crippen LogP contribution in [-0.4, -0.2) is 39.5 Å². The third-order valence-electron chi connectivity index (χ3n) is 3.31. The maximum Gasteiger partial charge on any atom is 0.272 e. The summed E-state index contributed by atoms with van der Waals surface area (Å²) < 4.78 is 0. The highest BCUT2D eigenvalue weighted by Gasteiger charge is 2.17. The van der Waals surface area contributed by atoms with Crippen LogP contribution in [0.4, 0.5) is 0 Å². The van der Waals surface area contributed by atoms with Crippen molar-refractivity contribution in [3.63, 3.8) is 0 Å². The summed E-state index contributed by atoms with van der Waals surface area (Å²) in [7, 11) is 1.65. The van der Waals surface area contributed by atoms with E-state index in [0.717, 1.165) is 12.0 Å². The fourth-order valence-electron chi connectivity index (χ4n) is 2.03. The highest BCUT2D eigenvalue weighted by Crippen LogP contribution is 2.13. The van der Waals surface area contributed by atoms with E-state index in [0.29, 0.717) is 11.3 Å². The van der Waals surface area contributed by atoms with Crippen LogP contribution < -0.4 is 0 Å². The lowest BCUT2D eigenvalue weighted by atomic mass is 10.1. The predicted molar refractivity (Wildman–Crippen MR) is 79.8 cm³/mol. The van der Waals surface area contributed by atoms with Crippen LogP contribution in [0.5, 0.6) is 0 Å². The Balaban J connectivity index is 2.05. The van der Waals surface area contributed by atoms with E-state index in [4.69, 9.17) is 0 Å². The topological polar surface area (TPSA) is 66.3 Å². The van der Waals surface area contributed by atoms with Gasteiger partial charge in [-0.15, -0.1) is 0 Å². The molecule has 1 atom stereocenters. The summed E-state index contributed by atoms with van der Waals surface area (Å²) in [4.78, 5) is 21.9. The molecular weight excluding hydrogens is 266 g/mol. The lowest BCUT2D eigenvalue weighted by molar-refractivity contribution is 0.0675. The number of carbonyl (C=O) groups is 1. The fraction of sp³-hybridized carbons (Fsp3) is 0.312. The standard InChI is InChI=1S/C16H19N3O2/c1-3-12-6-8-18-14(9-12)16(21)19(2)11-15(20)13-5-4-7-17-10-13/h4-10,15,20H,3,11H2,1-2H3. The molecule has 1 unspecified atom stereocenters. The number of aliphatic hydroxyl groups is 1. The molecule has 0 aromatic carbocycles. The van der Waals surface area contributed by atoms with E-state index in [1.165, 1.54) is 4.90 Å². The Labute approximate surface area is 124 Å². The Morgan fingerprint density at radius 3 is 2.86 bits per heavy atom. The second-order valence-electron chi connectivity index (χ2n) is 4.89. The minimum absolute atomic E-state index is 0.197. The molecule has 1 N–H and O–H groups in total. The molecule has 5 nitrogen and oxygen atoms in total. The highest BCUT2D eigenvalue weighted by molar-refractivity contribution is 5.92. The van der Waals surface area contributed by atoms with E-state index in [1.54, 1.807) is 43.8 Å². The molecule has 5 heteroatoms. The third-order valence-corrected chi connectivity index (χ3v) is 3.31. The molecule has 0 bridgehead atoms. The van der Waals surface area contributed by atoms with Gasteiger partial charge in [0, 0.05) is 31.2 Å². The van der Waals surface area contributed by atoms with Crippen LogP contribution in [0.1, 0.15) is 34.6 Å². The van der Waals surface area contributed by atoms with Crippen LogP contribution in [0, 0.1) is 0 Å². The lowest BCUT2D eigenvalue weighted by Crippen LogP contribution is -2.31. The van der Waals surface area contributed by atoms with Crippen LogP contribution in [0.3, 0.4) is 0 Å². The minimum atomic E-state index is -0.762. The zero-order valence-corrected chi connectivity index (χ0v) is 12.2. The second-order valence-corrected chi connectivity index (χ2v) is 4.89. The number of carbonyl (C=O) groups excluding carboxylic acids is 1. The molecule has 2 aromatic heterocycles. The SMILES string of the molecule is CCc1ccnc(C(=O)N(C)CC(O)c2cccnc2)c1. The molecule has 0 spiro atoms. The average Bonchev–Trinajstić information content (AvgIpc) is 2.54. The smallest absolute Gasteiger partial charge is 0.272 e. The van der Waals surface area contributed by atoms with Gasteiger partial charge in [-0.2, -0.15) is 0 Å². The number of aliphatic hydroxyl groups excluding tert-OH is 1. The number of nitrogens with zero attached hydrogens (tertiary/aromatic N) is 3. The Kier molecular flexibility index (Phi) is 5.00. The molecule has 0 saturated carbocycles. The van der Waals surface area contributed by atoms with Crippen LogP contribution in [0.25, 0.3) is 0 Å². The molecule has 0 aliphatic carbocycles.